The highest BCUT2D eigenvalue weighted by molar-refractivity contribution is 5.55. The van der Waals surface area contributed by atoms with Crippen LogP contribution in [0.3, 0.4) is 0 Å². The Bertz CT molecular complexity index is 218. The molecule has 0 unspecified atom stereocenters. The van der Waals surface area contributed by atoms with Gasteiger partial charge in [-0.25, -0.2) is 4.98 Å². The summed E-state index contributed by atoms with van der Waals surface area (Å²) < 4.78 is 0. The van der Waals surface area contributed by atoms with E-state index in [0.29, 0.717) is 5.82 Å². The molecule has 1 rings (SSSR count). The number of hydrogen-bond acceptors (Lipinski definition) is 3. The minimum atomic E-state index is 0.285. The molecule has 0 amide bonds. The first-order valence-electron chi connectivity index (χ1n) is 2.88. The van der Waals surface area contributed by atoms with Crippen molar-refractivity contribution in [1.82, 2.24) is 4.98 Å². The monoisotopic (exact) mass is 135 g/mol. The van der Waals surface area contributed by atoms with Crippen molar-refractivity contribution in [2.45, 2.75) is 6.42 Å². The van der Waals surface area contributed by atoms with Gasteiger partial charge in [-0.15, -0.1) is 0 Å². The molecule has 10 heavy (non-hydrogen) atoms. The molecule has 0 saturated carbocycles. The quantitative estimate of drug-likeness (QED) is 0.635. The van der Waals surface area contributed by atoms with Crippen LogP contribution in [-0.4, -0.2) is 11.3 Å². The number of hydrogen-bond donors (Lipinski definition) is 1. The summed E-state index contributed by atoms with van der Waals surface area (Å²) in [5, 5.41) is 0. The minimum Gasteiger partial charge on any atom is -0.384 e. The second-order valence-electron chi connectivity index (χ2n) is 1.91. The van der Waals surface area contributed by atoms with Crippen LogP contribution < -0.4 is 5.73 Å². The number of nitrogen functional groups attached to an aromatic ring is 1. The SMILES string of the molecule is Nc1ccc(C[C]=O)cn1. The standard InChI is InChI=1S/C7H7N2O/c8-7-2-1-6(3-4-10)5-9-7/h1-2,5H,3H2,(H2,8,9). The minimum absolute atomic E-state index is 0.285. The molecule has 1 aromatic rings. The van der Waals surface area contributed by atoms with Gasteiger partial charge in [0, 0.05) is 12.6 Å². The topological polar surface area (TPSA) is 56.0 Å². The van der Waals surface area contributed by atoms with Gasteiger partial charge in [0.2, 0.25) is 6.29 Å². The molecule has 0 aliphatic carbocycles. The van der Waals surface area contributed by atoms with E-state index in [1.807, 2.05) is 0 Å². The van der Waals surface area contributed by atoms with E-state index < -0.39 is 0 Å². The first-order valence-corrected chi connectivity index (χ1v) is 2.88. The molecule has 2 N–H and O–H groups in total. The number of nitrogens with two attached hydrogens (primary N) is 1. The molecule has 0 aliphatic rings. The second kappa shape index (κ2) is 2.96. The number of nitrogens with zero attached hydrogens (tertiary/aromatic N) is 1. The van der Waals surface area contributed by atoms with Crippen molar-refractivity contribution >= 4 is 12.1 Å². The molecule has 0 fully saturated rings. The maximum Gasteiger partial charge on any atom is 0.203 e. The molecular weight excluding hydrogens is 128 g/mol. The lowest BCUT2D eigenvalue weighted by Gasteiger charge is -1.92. The van der Waals surface area contributed by atoms with Crippen molar-refractivity contribution in [2.24, 2.45) is 0 Å². The van der Waals surface area contributed by atoms with Crippen LogP contribution in [0.15, 0.2) is 18.3 Å². The molecule has 0 bridgehead atoms. The van der Waals surface area contributed by atoms with Crippen molar-refractivity contribution in [1.29, 1.82) is 0 Å². The molecule has 0 spiro atoms. The van der Waals surface area contributed by atoms with Crippen molar-refractivity contribution in [2.75, 3.05) is 5.73 Å². The number of anilines is 1. The van der Waals surface area contributed by atoms with Gasteiger partial charge >= 0.3 is 0 Å². The zero-order valence-corrected chi connectivity index (χ0v) is 5.37. The van der Waals surface area contributed by atoms with Crippen LogP contribution in [0, 0.1) is 0 Å². The third-order valence-corrected chi connectivity index (χ3v) is 1.12. The van der Waals surface area contributed by atoms with Crippen LogP contribution in [0.5, 0.6) is 0 Å². The molecular formula is C7H7N2O. The van der Waals surface area contributed by atoms with Crippen LogP contribution in [0.2, 0.25) is 0 Å². The number of pyridine rings is 1. The van der Waals surface area contributed by atoms with Crippen molar-refractivity contribution in [3.63, 3.8) is 0 Å². The van der Waals surface area contributed by atoms with Gasteiger partial charge in [0.15, 0.2) is 0 Å². The Morgan fingerprint density at radius 1 is 1.60 bits per heavy atom. The molecule has 0 saturated heterocycles. The van der Waals surface area contributed by atoms with Gasteiger partial charge in [0.25, 0.3) is 0 Å². The molecule has 3 heteroatoms. The van der Waals surface area contributed by atoms with Gasteiger partial charge < -0.3 is 5.73 Å². The van der Waals surface area contributed by atoms with Crippen LogP contribution in [-0.2, 0) is 11.2 Å². The van der Waals surface area contributed by atoms with Crippen molar-refractivity contribution < 1.29 is 4.79 Å². The molecule has 1 radical (unpaired) electrons. The molecule has 1 aromatic heterocycles. The highest BCUT2D eigenvalue weighted by Crippen LogP contribution is 1.99. The largest absolute Gasteiger partial charge is 0.384 e. The number of carbonyl (C=O) groups excluding carboxylic acids is 1. The predicted octanol–water partition coefficient (Wildman–Crippen LogP) is 0.316. The average Bonchev–Trinajstić information content (AvgIpc) is 1.95. The van der Waals surface area contributed by atoms with Crippen LogP contribution >= 0.6 is 0 Å². The highest BCUT2D eigenvalue weighted by atomic mass is 16.1. The van der Waals surface area contributed by atoms with Crippen LogP contribution in [0.25, 0.3) is 0 Å². The Morgan fingerprint density at radius 2 is 2.40 bits per heavy atom. The first-order chi connectivity index (χ1) is 4.83. The van der Waals surface area contributed by atoms with E-state index in [1.54, 1.807) is 24.6 Å². The number of aromatic nitrogens is 1. The van der Waals surface area contributed by atoms with Gasteiger partial charge in [-0.3, -0.25) is 4.79 Å². The van der Waals surface area contributed by atoms with Crippen LogP contribution in [0.4, 0.5) is 5.82 Å². The lowest BCUT2D eigenvalue weighted by atomic mass is 10.2. The van der Waals surface area contributed by atoms with E-state index in [1.165, 1.54) is 0 Å². The molecule has 0 aromatic carbocycles. The summed E-state index contributed by atoms with van der Waals surface area (Å²) >= 11 is 0. The van der Waals surface area contributed by atoms with Gasteiger partial charge in [-0.1, -0.05) is 6.07 Å². The summed E-state index contributed by atoms with van der Waals surface area (Å²) in [6.45, 7) is 0. The summed E-state index contributed by atoms with van der Waals surface area (Å²) in [6, 6.07) is 3.42. The molecule has 0 aliphatic heterocycles. The molecule has 1 heterocycles. The first kappa shape index (κ1) is 6.74. The molecule has 51 valence electrons. The average molecular weight is 135 g/mol. The molecule has 0 atom stereocenters. The second-order valence-corrected chi connectivity index (χ2v) is 1.91. The summed E-state index contributed by atoms with van der Waals surface area (Å²) in [5.41, 5.74) is 6.15. The Kier molecular flexibility index (Phi) is 1.99. The van der Waals surface area contributed by atoms with Crippen molar-refractivity contribution in [3.05, 3.63) is 23.9 Å². The van der Waals surface area contributed by atoms with E-state index >= 15 is 0 Å². The highest BCUT2D eigenvalue weighted by Gasteiger charge is 1.90. The maximum absolute atomic E-state index is 9.88. The zero-order valence-electron chi connectivity index (χ0n) is 5.37. The zero-order chi connectivity index (χ0) is 7.40. The van der Waals surface area contributed by atoms with Crippen molar-refractivity contribution in [3.8, 4) is 0 Å². The normalized spacial score (nSPS) is 9.20. The van der Waals surface area contributed by atoms with E-state index in [0.717, 1.165) is 5.56 Å². The summed E-state index contributed by atoms with van der Waals surface area (Å²) in [7, 11) is 0. The molecule has 3 nitrogen and oxygen atoms in total. The van der Waals surface area contributed by atoms with E-state index in [4.69, 9.17) is 5.73 Å². The fourth-order valence-corrected chi connectivity index (χ4v) is 0.624. The van der Waals surface area contributed by atoms with Crippen LogP contribution in [0.1, 0.15) is 5.56 Å². The maximum atomic E-state index is 9.88. The Balaban J connectivity index is 2.78. The van der Waals surface area contributed by atoms with E-state index in [2.05, 4.69) is 4.98 Å². The van der Waals surface area contributed by atoms with Gasteiger partial charge in [0.1, 0.15) is 5.82 Å². The fourth-order valence-electron chi connectivity index (χ4n) is 0.624. The summed E-state index contributed by atoms with van der Waals surface area (Å²) in [6.07, 6.45) is 3.63. The van der Waals surface area contributed by atoms with Gasteiger partial charge in [-0.2, -0.15) is 0 Å². The lowest BCUT2D eigenvalue weighted by Crippen LogP contribution is -1.91. The van der Waals surface area contributed by atoms with Gasteiger partial charge in [0.05, 0.1) is 0 Å². The van der Waals surface area contributed by atoms with E-state index in [9.17, 15) is 4.79 Å². The lowest BCUT2D eigenvalue weighted by molar-refractivity contribution is 0.555. The van der Waals surface area contributed by atoms with E-state index in [-0.39, 0.29) is 6.42 Å². The smallest absolute Gasteiger partial charge is 0.203 e. The third kappa shape index (κ3) is 1.55. The summed E-state index contributed by atoms with van der Waals surface area (Å²) in [4.78, 5) is 13.7. The third-order valence-electron chi connectivity index (χ3n) is 1.12. The summed E-state index contributed by atoms with van der Waals surface area (Å²) in [5.74, 6) is 0.467. The number of rotatable bonds is 2. The predicted molar refractivity (Wildman–Crippen MR) is 38.0 cm³/mol. The Morgan fingerprint density at radius 3 is 2.90 bits per heavy atom. The van der Waals surface area contributed by atoms with Gasteiger partial charge in [-0.05, 0) is 11.6 Å². The Labute approximate surface area is 58.9 Å². The Hall–Kier alpha value is -1.38. The fraction of sp³-hybridized carbons (Fsp3) is 0.143.